The third-order valence-corrected chi connectivity index (χ3v) is 4.93. The first-order valence-corrected chi connectivity index (χ1v) is 10.3. The molecule has 8 nitrogen and oxygen atoms in total. The molecule has 0 atom stereocenters. The third-order valence-electron chi connectivity index (χ3n) is 4.43. The van der Waals surface area contributed by atoms with Crippen molar-refractivity contribution in [1.29, 1.82) is 0 Å². The molecule has 2 aromatic carbocycles. The fourth-order valence-electron chi connectivity index (χ4n) is 2.85. The number of aromatic nitrogens is 2. The summed E-state index contributed by atoms with van der Waals surface area (Å²) < 4.78 is 17.4. The number of nitrogens with zero attached hydrogens (tertiary/aromatic N) is 3. The number of carbonyl (C=O) groups excluding carboxylic acids is 1. The van der Waals surface area contributed by atoms with E-state index in [1.165, 1.54) is 18.9 Å². The van der Waals surface area contributed by atoms with Gasteiger partial charge < -0.3 is 14.2 Å². The van der Waals surface area contributed by atoms with Crippen molar-refractivity contribution in [3.05, 3.63) is 62.6 Å². The van der Waals surface area contributed by atoms with Gasteiger partial charge in [-0.15, -0.1) is 0 Å². The SMILES string of the molecule is COC(=O)COc1ccc(C=Nn2c(C(C)C)nc3ccc(Br)cc3c2=O)cc1OC. The van der Waals surface area contributed by atoms with Gasteiger partial charge in [-0.25, -0.2) is 9.78 Å². The predicted octanol–water partition coefficient (Wildman–Crippen LogP) is 3.73. The van der Waals surface area contributed by atoms with Crippen LogP contribution < -0.4 is 15.0 Å². The lowest BCUT2D eigenvalue weighted by Crippen LogP contribution is -2.23. The number of benzene rings is 2. The fraction of sp³-hybridized carbons (Fsp3) is 0.273. The molecule has 0 saturated heterocycles. The molecule has 1 aromatic heterocycles. The van der Waals surface area contributed by atoms with Crippen LogP contribution in [0.25, 0.3) is 10.9 Å². The number of esters is 1. The molecule has 162 valence electrons. The van der Waals surface area contributed by atoms with Gasteiger partial charge in [0, 0.05) is 10.4 Å². The van der Waals surface area contributed by atoms with Crippen LogP contribution in [0.5, 0.6) is 11.5 Å². The maximum atomic E-state index is 13.1. The molecule has 0 N–H and O–H groups in total. The van der Waals surface area contributed by atoms with Crippen LogP contribution in [0.4, 0.5) is 0 Å². The number of rotatable bonds is 7. The topological polar surface area (TPSA) is 92.0 Å². The van der Waals surface area contributed by atoms with Gasteiger partial charge in [0.25, 0.3) is 5.56 Å². The zero-order chi connectivity index (χ0) is 22.5. The van der Waals surface area contributed by atoms with E-state index in [-0.39, 0.29) is 18.1 Å². The molecule has 0 unspecified atom stereocenters. The first-order valence-electron chi connectivity index (χ1n) is 9.48. The maximum Gasteiger partial charge on any atom is 0.343 e. The molecule has 0 saturated carbocycles. The van der Waals surface area contributed by atoms with E-state index in [1.807, 2.05) is 19.9 Å². The monoisotopic (exact) mass is 487 g/mol. The van der Waals surface area contributed by atoms with Crippen molar-refractivity contribution in [1.82, 2.24) is 9.66 Å². The van der Waals surface area contributed by atoms with Crippen LogP contribution in [0.2, 0.25) is 0 Å². The first-order chi connectivity index (χ1) is 14.8. The van der Waals surface area contributed by atoms with Crippen molar-refractivity contribution >= 4 is 39.0 Å². The van der Waals surface area contributed by atoms with E-state index in [0.29, 0.717) is 33.8 Å². The second kappa shape index (κ2) is 9.74. The first kappa shape index (κ1) is 22.5. The average Bonchev–Trinajstić information content (AvgIpc) is 2.77. The quantitative estimate of drug-likeness (QED) is 0.372. The number of carbonyl (C=O) groups is 1. The van der Waals surface area contributed by atoms with E-state index >= 15 is 0 Å². The lowest BCUT2D eigenvalue weighted by Gasteiger charge is -2.12. The molecule has 0 aliphatic heterocycles. The molecular weight excluding hydrogens is 466 g/mol. The van der Waals surface area contributed by atoms with Gasteiger partial charge in [0.2, 0.25) is 0 Å². The Balaban J connectivity index is 1.99. The summed E-state index contributed by atoms with van der Waals surface area (Å²) in [7, 11) is 2.78. The number of hydrogen-bond donors (Lipinski definition) is 0. The Kier molecular flexibility index (Phi) is 7.06. The highest BCUT2D eigenvalue weighted by Crippen LogP contribution is 2.27. The zero-order valence-electron chi connectivity index (χ0n) is 17.6. The summed E-state index contributed by atoms with van der Waals surface area (Å²) in [6.45, 7) is 3.68. The van der Waals surface area contributed by atoms with Crippen molar-refractivity contribution in [2.24, 2.45) is 5.10 Å². The van der Waals surface area contributed by atoms with Crippen LogP contribution in [-0.2, 0) is 9.53 Å². The number of fused-ring (bicyclic) bond motifs is 1. The molecule has 0 bridgehead atoms. The Morgan fingerprint density at radius 1 is 1.19 bits per heavy atom. The van der Waals surface area contributed by atoms with Crippen LogP contribution in [0.3, 0.4) is 0 Å². The zero-order valence-corrected chi connectivity index (χ0v) is 19.2. The van der Waals surface area contributed by atoms with Crippen molar-refractivity contribution in [3.63, 3.8) is 0 Å². The third kappa shape index (κ3) is 5.11. The lowest BCUT2D eigenvalue weighted by atomic mass is 10.2. The smallest absolute Gasteiger partial charge is 0.343 e. The number of methoxy groups -OCH3 is 2. The average molecular weight is 488 g/mol. The summed E-state index contributed by atoms with van der Waals surface area (Å²) in [5.74, 6) is 0.860. The van der Waals surface area contributed by atoms with Gasteiger partial charge in [-0.1, -0.05) is 29.8 Å². The Morgan fingerprint density at radius 3 is 2.65 bits per heavy atom. The van der Waals surface area contributed by atoms with Crippen molar-refractivity contribution < 1.29 is 19.0 Å². The second-order valence-electron chi connectivity index (χ2n) is 6.92. The number of hydrogen-bond acceptors (Lipinski definition) is 7. The minimum atomic E-state index is -0.497. The van der Waals surface area contributed by atoms with E-state index in [4.69, 9.17) is 9.47 Å². The van der Waals surface area contributed by atoms with Gasteiger partial charge >= 0.3 is 5.97 Å². The van der Waals surface area contributed by atoms with E-state index in [2.05, 4.69) is 30.8 Å². The normalized spacial score (nSPS) is 11.3. The Labute approximate surface area is 187 Å². The van der Waals surface area contributed by atoms with Crippen molar-refractivity contribution in [2.75, 3.05) is 20.8 Å². The highest BCUT2D eigenvalue weighted by atomic mass is 79.9. The van der Waals surface area contributed by atoms with Crippen LogP contribution in [0.15, 0.2) is 50.8 Å². The molecule has 0 aliphatic carbocycles. The molecule has 0 radical (unpaired) electrons. The van der Waals surface area contributed by atoms with Crippen LogP contribution >= 0.6 is 15.9 Å². The van der Waals surface area contributed by atoms with Crippen molar-refractivity contribution in [2.45, 2.75) is 19.8 Å². The molecular formula is C22H22BrN3O5. The number of ether oxygens (including phenoxy) is 3. The molecule has 3 rings (SSSR count). The van der Waals surface area contributed by atoms with Gasteiger partial charge in [0.1, 0.15) is 5.82 Å². The molecule has 0 aliphatic rings. The molecule has 0 amide bonds. The molecule has 31 heavy (non-hydrogen) atoms. The number of halogens is 1. The summed E-state index contributed by atoms with van der Waals surface area (Å²) in [6.07, 6.45) is 1.55. The molecule has 0 fully saturated rings. The van der Waals surface area contributed by atoms with Crippen LogP contribution in [-0.4, -0.2) is 42.7 Å². The Morgan fingerprint density at radius 2 is 1.97 bits per heavy atom. The second-order valence-corrected chi connectivity index (χ2v) is 7.84. The minimum Gasteiger partial charge on any atom is -0.493 e. The maximum absolute atomic E-state index is 13.1. The van der Waals surface area contributed by atoms with E-state index in [1.54, 1.807) is 36.5 Å². The van der Waals surface area contributed by atoms with Crippen LogP contribution in [0, 0.1) is 0 Å². The Bertz CT molecular complexity index is 1200. The summed E-state index contributed by atoms with van der Waals surface area (Å²) in [5, 5.41) is 4.87. The van der Waals surface area contributed by atoms with Crippen molar-refractivity contribution in [3.8, 4) is 11.5 Å². The summed E-state index contributed by atoms with van der Waals surface area (Å²) in [4.78, 5) is 29.0. The van der Waals surface area contributed by atoms with Gasteiger partial charge in [-0.05, 0) is 42.0 Å². The summed E-state index contributed by atoms with van der Waals surface area (Å²) in [5.41, 5.74) is 1.05. The molecule has 9 heteroatoms. The largest absolute Gasteiger partial charge is 0.493 e. The minimum absolute atomic E-state index is 0.0125. The van der Waals surface area contributed by atoms with Crippen LogP contribution in [0.1, 0.15) is 31.2 Å². The molecule has 3 aromatic rings. The highest BCUT2D eigenvalue weighted by Gasteiger charge is 2.14. The Hall–Kier alpha value is -3.20. The standard InChI is InChI=1S/C22H22BrN3O5/c1-13(2)21-25-17-7-6-15(23)10-16(17)22(28)26(21)24-11-14-5-8-18(19(9-14)29-3)31-12-20(27)30-4/h5-11,13H,12H2,1-4H3. The molecule has 1 heterocycles. The predicted molar refractivity (Wildman–Crippen MR) is 121 cm³/mol. The molecule has 0 spiro atoms. The van der Waals surface area contributed by atoms with E-state index in [9.17, 15) is 9.59 Å². The summed E-state index contributed by atoms with van der Waals surface area (Å²) in [6, 6.07) is 10.5. The lowest BCUT2D eigenvalue weighted by molar-refractivity contribution is -0.142. The van der Waals surface area contributed by atoms with Gasteiger partial charge in [-0.3, -0.25) is 4.79 Å². The van der Waals surface area contributed by atoms with Gasteiger partial charge in [0.05, 0.1) is 31.3 Å². The van der Waals surface area contributed by atoms with Gasteiger partial charge in [-0.2, -0.15) is 9.78 Å². The van der Waals surface area contributed by atoms with Gasteiger partial charge in [0.15, 0.2) is 18.1 Å². The highest BCUT2D eigenvalue weighted by molar-refractivity contribution is 9.10. The van der Waals surface area contributed by atoms with E-state index < -0.39 is 5.97 Å². The summed E-state index contributed by atoms with van der Waals surface area (Å²) >= 11 is 3.39. The fourth-order valence-corrected chi connectivity index (χ4v) is 3.22. The van der Waals surface area contributed by atoms with E-state index in [0.717, 1.165) is 4.47 Å².